The SMILES string of the molecule is CCNC(CCc1nccn1C)C1CCOCC1. The topological polar surface area (TPSA) is 39.1 Å². The maximum Gasteiger partial charge on any atom is 0.108 e. The number of ether oxygens (including phenoxy) is 1. The first-order valence-corrected chi connectivity index (χ1v) is 7.08. The maximum absolute atomic E-state index is 5.45. The van der Waals surface area contributed by atoms with E-state index < -0.39 is 0 Å². The van der Waals surface area contributed by atoms with Crippen molar-refractivity contribution >= 4 is 0 Å². The average molecular weight is 251 g/mol. The molecule has 0 radical (unpaired) electrons. The molecule has 0 aromatic carbocycles. The highest BCUT2D eigenvalue weighted by molar-refractivity contribution is 4.93. The van der Waals surface area contributed by atoms with Crippen LogP contribution in [0.5, 0.6) is 0 Å². The summed E-state index contributed by atoms with van der Waals surface area (Å²) in [5, 5.41) is 3.64. The Bertz CT molecular complexity index is 345. The van der Waals surface area contributed by atoms with Crippen molar-refractivity contribution in [3.63, 3.8) is 0 Å². The van der Waals surface area contributed by atoms with Crippen molar-refractivity contribution in [2.24, 2.45) is 13.0 Å². The number of rotatable bonds is 6. The van der Waals surface area contributed by atoms with Crippen LogP contribution in [0.1, 0.15) is 32.0 Å². The lowest BCUT2D eigenvalue weighted by Crippen LogP contribution is -2.39. The summed E-state index contributed by atoms with van der Waals surface area (Å²) in [6.45, 7) is 5.08. The number of nitrogens with zero attached hydrogens (tertiary/aromatic N) is 2. The highest BCUT2D eigenvalue weighted by atomic mass is 16.5. The summed E-state index contributed by atoms with van der Waals surface area (Å²) in [6.07, 6.45) is 8.51. The fraction of sp³-hybridized carbons (Fsp3) is 0.786. The monoisotopic (exact) mass is 251 g/mol. The van der Waals surface area contributed by atoms with Crippen molar-refractivity contribution < 1.29 is 4.74 Å². The first-order chi connectivity index (χ1) is 8.81. The van der Waals surface area contributed by atoms with Crippen molar-refractivity contribution in [1.29, 1.82) is 0 Å². The molecule has 18 heavy (non-hydrogen) atoms. The van der Waals surface area contributed by atoms with Gasteiger partial charge in [0.25, 0.3) is 0 Å². The third-order valence-corrected chi connectivity index (χ3v) is 3.90. The van der Waals surface area contributed by atoms with Gasteiger partial charge in [-0.2, -0.15) is 0 Å². The van der Waals surface area contributed by atoms with Crippen molar-refractivity contribution in [1.82, 2.24) is 14.9 Å². The largest absolute Gasteiger partial charge is 0.381 e. The minimum absolute atomic E-state index is 0.607. The van der Waals surface area contributed by atoms with E-state index in [9.17, 15) is 0 Å². The summed E-state index contributed by atoms with van der Waals surface area (Å²) in [5.74, 6) is 1.95. The minimum atomic E-state index is 0.607. The van der Waals surface area contributed by atoms with Gasteiger partial charge in [-0.1, -0.05) is 6.92 Å². The Morgan fingerprint density at radius 1 is 1.50 bits per heavy atom. The molecule has 1 fully saturated rings. The zero-order valence-electron chi connectivity index (χ0n) is 11.6. The quantitative estimate of drug-likeness (QED) is 0.837. The molecule has 1 N–H and O–H groups in total. The Morgan fingerprint density at radius 3 is 2.89 bits per heavy atom. The standard InChI is InChI=1S/C14H25N3O/c1-3-15-13(12-6-10-18-11-7-12)4-5-14-16-8-9-17(14)2/h8-9,12-13,15H,3-7,10-11H2,1-2H3. The predicted octanol–water partition coefficient (Wildman–Crippen LogP) is 1.76. The van der Waals surface area contributed by atoms with E-state index in [1.165, 1.54) is 25.1 Å². The molecule has 102 valence electrons. The first-order valence-electron chi connectivity index (χ1n) is 7.08. The van der Waals surface area contributed by atoms with Gasteiger partial charge >= 0.3 is 0 Å². The Balaban J connectivity index is 1.87. The highest BCUT2D eigenvalue weighted by Gasteiger charge is 2.23. The van der Waals surface area contributed by atoms with E-state index in [-0.39, 0.29) is 0 Å². The molecule has 1 aromatic rings. The van der Waals surface area contributed by atoms with Gasteiger partial charge in [0.1, 0.15) is 5.82 Å². The molecule has 2 heterocycles. The second kappa shape index (κ2) is 6.90. The molecular weight excluding hydrogens is 226 g/mol. The van der Waals surface area contributed by atoms with Crippen LogP contribution in [0, 0.1) is 5.92 Å². The Kier molecular flexibility index (Phi) is 5.20. The van der Waals surface area contributed by atoms with Crippen molar-refractivity contribution in [3.05, 3.63) is 18.2 Å². The third kappa shape index (κ3) is 3.56. The van der Waals surface area contributed by atoms with Crippen LogP contribution in [-0.2, 0) is 18.2 Å². The Labute approximate surface area is 110 Å². The molecule has 0 aliphatic carbocycles. The zero-order valence-corrected chi connectivity index (χ0v) is 11.6. The molecule has 2 rings (SSSR count). The van der Waals surface area contributed by atoms with E-state index in [1.807, 2.05) is 12.4 Å². The maximum atomic E-state index is 5.45. The molecule has 1 aromatic heterocycles. The van der Waals surface area contributed by atoms with E-state index >= 15 is 0 Å². The smallest absolute Gasteiger partial charge is 0.108 e. The number of hydrogen-bond acceptors (Lipinski definition) is 3. The van der Waals surface area contributed by atoms with Crippen LogP contribution in [0.4, 0.5) is 0 Å². The molecular formula is C14H25N3O. The number of aryl methyl sites for hydroxylation is 2. The number of imidazole rings is 1. The van der Waals surface area contributed by atoms with Crippen molar-refractivity contribution in [2.45, 2.75) is 38.6 Å². The lowest BCUT2D eigenvalue weighted by Gasteiger charge is -2.31. The number of hydrogen-bond donors (Lipinski definition) is 1. The number of aromatic nitrogens is 2. The molecule has 1 aliphatic heterocycles. The lowest BCUT2D eigenvalue weighted by atomic mass is 9.89. The normalized spacial score (nSPS) is 19.0. The third-order valence-electron chi connectivity index (χ3n) is 3.90. The second-order valence-electron chi connectivity index (χ2n) is 5.11. The van der Waals surface area contributed by atoms with Gasteiger partial charge in [0.05, 0.1) is 0 Å². The highest BCUT2D eigenvalue weighted by Crippen LogP contribution is 2.21. The van der Waals surface area contributed by atoms with Crippen molar-refractivity contribution in [3.8, 4) is 0 Å². The summed E-state index contributed by atoms with van der Waals surface area (Å²) in [4.78, 5) is 4.40. The van der Waals surface area contributed by atoms with Gasteiger partial charge in [-0.15, -0.1) is 0 Å². The fourth-order valence-electron chi connectivity index (χ4n) is 2.81. The summed E-state index contributed by atoms with van der Waals surface area (Å²) in [7, 11) is 2.07. The molecule has 0 spiro atoms. The van der Waals surface area contributed by atoms with Gasteiger partial charge in [-0.3, -0.25) is 0 Å². The van der Waals surface area contributed by atoms with Crippen LogP contribution >= 0.6 is 0 Å². The van der Waals surface area contributed by atoms with Crippen LogP contribution in [0.15, 0.2) is 12.4 Å². The molecule has 0 saturated carbocycles. The van der Waals surface area contributed by atoms with Gasteiger partial charge < -0.3 is 14.6 Å². The zero-order chi connectivity index (χ0) is 12.8. The van der Waals surface area contributed by atoms with Crippen LogP contribution in [-0.4, -0.2) is 35.4 Å². The van der Waals surface area contributed by atoms with Gasteiger partial charge in [-0.05, 0) is 31.7 Å². The van der Waals surface area contributed by atoms with E-state index in [0.29, 0.717) is 6.04 Å². The Hall–Kier alpha value is -0.870. The van der Waals surface area contributed by atoms with E-state index in [0.717, 1.165) is 32.1 Å². The second-order valence-corrected chi connectivity index (χ2v) is 5.11. The van der Waals surface area contributed by atoms with Crippen molar-refractivity contribution in [2.75, 3.05) is 19.8 Å². The lowest BCUT2D eigenvalue weighted by molar-refractivity contribution is 0.0527. The van der Waals surface area contributed by atoms with Gasteiger partial charge in [0.2, 0.25) is 0 Å². The average Bonchev–Trinajstić information content (AvgIpc) is 2.81. The Morgan fingerprint density at radius 2 is 2.28 bits per heavy atom. The molecule has 0 bridgehead atoms. The van der Waals surface area contributed by atoms with Gasteiger partial charge in [-0.25, -0.2) is 4.98 Å². The number of nitrogens with one attached hydrogen (secondary N) is 1. The van der Waals surface area contributed by atoms with Crippen LogP contribution in [0.25, 0.3) is 0 Å². The molecule has 1 unspecified atom stereocenters. The minimum Gasteiger partial charge on any atom is -0.381 e. The van der Waals surface area contributed by atoms with Gasteiger partial charge in [0.15, 0.2) is 0 Å². The van der Waals surface area contributed by atoms with Crippen LogP contribution < -0.4 is 5.32 Å². The van der Waals surface area contributed by atoms with Crippen LogP contribution in [0.2, 0.25) is 0 Å². The van der Waals surface area contributed by atoms with E-state index in [1.54, 1.807) is 0 Å². The molecule has 1 atom stereocenters. The summed E-state index contributed by atoms with van der Waals surface area (Å²) in [6, 6.07) is 0.607. The summed E-state index contributed by atoms with van der Waals surface area (Å²) < 4.78 is 7.57. The molecule has 4 nitrogen and oxygen atoms in total. The van der Waals surface area contributed by atoms with E-state index in [2.05, 4.69) is 28.8 Å². The van der Waals surface area contributed by atoms with Crippen LogP contribution in [0.3, 0.4) is 0 Å². The molecule has 1 saturated heterocycles. The summed E-state index contributed by atoms with van der Waals surface area (Å²) in [5.41, 5.74) is 0. The molecule has 0 amide bonds. The molecule has 1 aliphatic rings. The van der Waals surface area contributed by atoms with Gasteiger partial charge in [0, 0.05) is 45.1 Å². The van der Waals surface area contributed by atoms with E-state index in [4.69, 9.17) is 4.74 Å². The fourth-order valence-corrected chi connectivity index (χ4v) is 2.81. The first kappa shape index (κ1) is 13.6. The molecule has 4 heteroatoms. The summed E-state index contributed by atoms with van der Waals surface area (Å²) >= 11 is 0. The predicted molar refractivity (Wildman–Crippen MR) is 72.5 cm³/mol.